The molecule has 0 spiro atoms. The topological polar surface area (TPSA) is 49.3 Å². The molecular weight excluding hydrogens is 276 g/mol. The minimum absolute atomic E-state index is 0.122. The minimum Gasteiger partial charge on any atom is -0.384 e. The molecule has 3 nitrogen and oxygen atoms in total. The molecule has 0 saturated heterocycles. The van der Waals surface area contributed by atoms with E-state index >= 15 is 0 Å². The lowest BCUT2D eigenvalue weighted by molar-refractivity contribution is 0.102. The second-order valence-corrected chi connectivity index (χ2v) is 4.08. The van der Waals surface area contributed by atoms with Crippen LogP contribution in [-0.4, -0.2) is 17.6 Å². The number of halogens is 2. The lowest BCUT2D eigenvalue weighted by atomic mass is 10.1. The van der Waals surface area contributed by atoms with E-state index in [0.717, 1.165) is 12.1 Å². The predicted octanol–water partition coefficient (Wildman–Crippen LogP) is 2.56. The summed E-state index contributed by atoms with van der Waals surface area (Å²) in [5.41, 5.74) is 0.322. The van der Waals surface area contributed by atoms with Gasteiger partial charge in [-0.05, 0) is 30.3 Å². The summed E-state index contributed by atoms with van der Waals surface area (Å²) in [6.45, 7) is -0.392. The van der Waals surface area contributed by atoms with Gasteiger partial charge in [0.1, 0.15) is 18.2 Å². The standard InChI is InChI=1S/C16H11F2NO2/c17-12-7-8-15(11(10-12)4-3-9-20)19-16(21)13-5-1-2-6-14(13)18/h1-2,5-8,10,20H,9H2,(H,19,21). The van der Waals surface area contributed by atoms with Crippen LogP contribution in [0.4, 0.5) is 14.5 Å². The summed E-state index contributed by atoms with van der Waals surface area (Å²) in [5, 5.41) is 11.2. The summed E-state index contributed by atoms with van der Waals surface area (Å²) in [7, 11) is 0. The Kier molecular flexibility index (Phi) is 4.64. The monoisotopic (exact) mass is 287 g/mol. The van der Waals surface area contributed by atoms with E-state index < -0.39 is 24.1 Å². The number of benzene rings is 2. The summed E-state index contributed by atoms with van der Waals surface area (Å²) in [5.74, 6) is 3.06. The quantitative estimate of drug-likeness (QED) is 0.834. The maximum Gasteiger partial charge on any atom is 0.258 e. The van der Waals surface area contributed by atoms with Gasteiger partial charge < -0.3 is 10.4 Å². The number of rotatable bonds is 2. The molecule has 0 aliphatic carbocycles. The van der Waals surface area contributed by atoms with Crippen LogP contribution >= 0.6 is 0 Å². The van der Waals surface area contributed by atoms with Gasteiger partial charge >= 0.3 is 0 Å². The molecule has 106 valence electrons. The van der Waals surface area contributed by atoms with Crippen molar-refractivity contribution in [2.45, 2.75) is 0 Å². The summed E-state index contributed by atoms with van der Waals surface area (Å²) >= 11 is 0. The van der Waals surface area contributed by atoms with Gasteiger partial charge in [0.2, 0.25) is 0 Å². The number of hydrogen-bond donors (Lipinski definition) is 2. The number of carbonyl (C=O) groups is 1. The molecule has 0 bridgehead atoms. The molecule has 2 rings (SSSR count). The number of carbonyl (C=O) groups excluding carboxylic acids is 1. The second kappa shape index (κ2) is 6.64. The van der Waals surface area contributed by atoms with Gasteiger partial charge in [-0.15, -0.1) is 0 Å². The summed E-state index contributed by atoms with van der Waals surface area (Å²) in [4.78, 5) is 12.0. The first kappa shape index (κ1) is 14.7. The van der Waals surface area contributed by atoms with Crippen LogP contribution in [0.1, 0.15) is 15.9 Å². The number of hydrogen-bond acceptors (Lipinski definition) is 2. The van der Waals surface area contributed by atoms with Crippen molar-refractivity contribution >= 4 is 11.6 Å². The largest absolute Gasteiger partial charge is 0.384 e. The van der Waals surface area contributed by atoms with Crippen molar-refractivity contribution in [2.24, 2.45) is 0 Å². The van der Waals surface area contributed by atoms with Crippen molar-refractivity contribution in [2.75, 3.05) is 11.9 Å². The molecule has 0 saturated carbocycles. The number of aliphatic hydroxyl groups excluding tert-OH is 1. The lowest BCUT2D eigenvalue weighted by Gasteiger charge is -2.08. The van der Waals surface area contributed by atoms with Crippen molar-refractivity contribution in [3.05, 3.63) is 65.2 Å². The third-order valence-corrected chi connectivity index (χ3v) is 2.65. The number of aliphatic hydroxyl groups is 1. The maximum absolute atomic E-state index is 13.5. The predicted molar refractivity (Wildman–Crippen MR) is 74.7 cm³/mol. The van der Waals surface area contributed by atoms with Gasteiger partial charge in [-0.25, -0.2) is 8.78 Å². The molecule has 5 heteroatoms. The van der Waals surface area contributed by atoms with Crippen molar-refractivity contribution < 1.29 is 18.7 Å². The fourth-order valence-electron chi connectivity index (χ4n) is 1.70. The Morgan fingerprint density at radius 2 is 1.95 bits per heavy atom. The van der Waals surface area contributed by atoms with E-state index in [4.69, 9.17) is 5.11 Å². The Morgan fingerprint density at radius 3 is 2.67 bits per heavy atom. The van der Waals surface area contributed by atoms with E-state index in [2.05, 4.69) is 17.2 Å². The summed E-state index contributed by atoms with van der Waals surface area (Å²) < 4.78 is 26.7. The van der Waals surface area contributed by atoms with E-state index in [0.29, 0.717) is 0 Å². The van der Waals surface area contributed by atoms with Crippen LogP contribution in [0.5, 0.6) is 0 Å². The smallest absolute Gasteiger partial charge is 0.258 e. The van der Waals surface area contributed by atoms with Gasteiger partial charge in [-0.3, -0.25) is 4.79 Å². The Bertz CT molecular complexity index is 733. The zero-order valence-electron chi connectivity index (χ0n) is 10.9. The molecule has 2 aromatic rings. The number of amides is 1. The van der Waals surface area contributed by atoms with E-state index in [-0.39, 0.29) is 16.8 Å². The van der Waals surface area contributed by atoms with E-state index in [1.165, 1.54) is 30.3 Å². The summed E-state index contributed by atoms with van der Waals surface area (Å²) in [6, 6.07) is 9.13. The molecule has 0 heterocycles. The van der Waals surface area contributed by atoms with Crippen LogP contribution < -0.4 is 5.32 Å². The molecule has 0 atom stereocenters. The average Bonchev–Trinajstić information content (AvgIpc) is 2.47. The van der Waals surface area contributed by atoms with E-state index in [1.54, 1.807) is 0 Å². The molecule has 0 radical (unpaired) electrons. The molecule has 0 unspecified atom stereocenters. The third-order valence-electron chi connectivity index (χ3n) is 2.65. The highest BCUT2D eigenvalue weighted by molar-refractivity contribution is 6.05. The molecule has 0 fully saturated rings. The Hall–Kier alpha value is -2.71. The lowest BCUT2D eigenvalue weighted by Crippen LogP contribution is -2.14. The van der Waals surface area contributed by atoms with Crippen LogP contribution in [0.15, 0.2) is 42.5 Å². The highest BCUT2D eigenvalue weighted by atomic mass is 19.1. The SMILES string of the molecule is O=C(Nc1ccc(F)cc1C#CCO)c1ccccc1F. The number of nitrogens with one attached hydrogen (secondary N) is 1. The van der Waals surface area contributed by atoms with Crippen molar-refractivity contribution in [1.82, 2.24) is 0 Å². The normalized spacial score (nSPS) is 9.67. The molecule has 0 aliphatic heterocycles. The fourth-order valence-corrected chi connectivity index (χ4v) is 1.70. The average molecular weight is 287 g/mol. The first-order valence-corrected chi connectivity index (χ1v) is 6.07. The van der Waals surface area contributed by atoms with Gasteiger partial charge in [0.05, 0.1) is 16.8 Å². The molecule has 2 N–H and O–H groups in total. The fraction of sp³-hybridized carbons (Fsp3) is 0.0625. The first-order valence-electron chi connectivity index (χ1n) is 6.07. The number of anilines is 1. The van der Waals surface area contributed by atoms with Crippen LogP contribution in [0.2, 0.25) is 0 Å². The maximum atomic E-state index is 13.5. The van der Waals surface area contributed by atoms with Crippen LogP contribution in [-0.2, 0) is 0 Å². The second-order valence-electron chi connectivity index (χ2n) is 4.08. The Labute approximate surface area is 120 Å². The third kappa shape index (κ3) is 3.65. The highest BCUT2D eigenvalue weighted by Crippen LogP contribution is 2.18. The molecule has 0 aliphatic rings. The summed E-state index contributed by atoms with van der Waals surface area (Å²) in [6.07, 6.45) is 0. The molecular formula is C16H11F2NO2. The Morgan fingerprint density at radius 1 is 1.19 bits per heavy atom. The van der Waals surface area contributed by atoms with Crippen LogP contribution in [0.25, 0.3) is 0 Å². The first-order chi connectivity index (χ1) is 10.1. The van der Waals surface area contributed by atoms with Crippen molar-refractivity contribution in [3.8, 4) is 11.8 Å². The van der Waals surface area contributed by atoms with Crippen LogP contribution in [0, 0.1) is 23.5 Å². The zero-order valence-corrected chi connectivity index (χ0v) is 10.9. The van der Waals surface area contributed by atoms with Crippen molar-refractivity contribution in [1.29, 1.82) is 0 Å². The molecule has 2 aromatic carbocycles. The van der Waals surface area contributed by atoms with E-state index in [9.17, 15) is 13.6 Å². The van der Waals surface area contributed by atoms with Crippen LogP contribution in [0.3, 0.4) is 0 Å². The zero-order chi connectivity index (χ0) is 15.2. The molecule has 21 heavy (non-hydrogen) atoms. The van der Waals surface area contributed by atoms with Gasteiger partial charge in [-0.1, -0.05) is 24.0 Å². The van der Waals surface area contributed by atoms with Gasteiger partial charge in [0.15, 0.2) is 0 Å². The highest BCUT2D eigenvalue weighted by Gasteiger charge is 2.12. The van der Waals surface area contributed by atoms with Gasteiger partial charge in [-0.2, -0.15) is 0 Å². The molecule has 0 aromatic heterocycles. The Balaban J connectivity index is 2.31. The van der Waals surface area contributed by atoms with E-state index in [1.807, 2.05) is 0 Å². The van der Waals surface area contributed by atoms with Gasteiger partial charge in [0.25, 0.3) is 5.91 Å². The van der Waals surface area contributed by atoms with Gasteiger partial charge in [0, 0.05) is 0 Å². The van der Waals surface area contributed by atoms with Crippen molar-refractivity contribution in [3.63, 3.8) is 0 Å². The molecule has 1 amide bonds. The minimum atomic E-state index is -0.660.